The maximum Gasteiger partial charge on any atom is 0.288 e. The maximum absolute atomic E-state index is 12.3. The molecule has 0 bridgehead atoms. The molecule has 0 aliphatic rings. The molecule has 3 rings (SSSR count). The number of nitrogens with zero attached hydrogens (tertiary/aromatic N) is 3. The van der Waals surface area contributed by atoms with Crippen LogP contribution in [0.15, 0.2) is 55.0 Å². The van der Waals surface area contributed by atoms with E-state index in [1.54, 1.807) is 30.3 Å². The van der Waals surface area contributed by atoms with E-state index < -0.39 is 5.91 Å². The lowest BCUT2D eigenvalue weighted by atomic mass is 10.1. The van der Waals surface area contributed by atoms with Crippen molar-refractivity contribution in [1.29, 1.82) is 0 Å². The number of anilines is 3. The van der Waals surface area contributed by atoms with Crippen molar-refractivity contribution in [3.63, 3.8) is 0 Å². The van der Waals surface area contributed by atoms with Crippen LogP contribution < -0.4 is 27.4 Å². The van der Waals surface area contributed by atoms with Gasteiger partial charge in [-0.05, 0) is 30.7 Å². The van der Waals surface area contributed by atoms with Gasteiger partial charge in [-0.15, -0.1) is 0 Å². The molecule has 0 radical (unpaired) electrons. The Bertz CT molecular complexity index is 994. The van der Waals surface area contributed by atoms with E-state index in [4.69, 9.17) is 5.73 Å². The minimum atomic E-state index is -0.457. The molecule has 3 aromatic rings. The molecule has 0 fully saturated rings. The molecule has 28 heavy (non-hydrogen) atoms. The van der Waals surface area contributed by atoms with Crippen LogP contribution in [-0.2, 0) is 0 Å². The number of benzene rings is 1. The number of nitrogen functional groups attached to an aromatic ring is 1. The van der Waals surface area contributed by atoms with Crippen LogP contribution in [0.4, 0.5) is 17.3 Å². The van der Waals surface area contributed by atoms with Crippen molar-refractivity contribution in [1.82, 2.24) is 25.8 Å². The number of aromatic nitrogens is 3. The molecule has 0 saturated heterocycles. The third kappa shape index (κ3) is 4.30. The summed E-state index contributed by atoms with van der Waals surface area (Å²) < 4.78 is 0. The molecule has 0 unspecified atom stereocenters. The zero-order chi connectivity index (χ0) is 19.9. The molecular weight excluding hydrogens is 360 g/mol. The van der Waals surface area contributed by atoms with E-state index in [9.17, 15) is 9.59 Å². The predicted molar refractivity (Wildman–Crippen MR) is 104 cm³/mol. The molecule has 2 heterocycles. The van der Waals surface area contributed by atoms with Crippen molar-refractivity contribution in [3.05, 3.63) is 71.8 Å². The van der Waals surface area contributed by atoms with Gasteiger partial charge in [0, 0.05) is 11.8 Å². The van der Waals surface area contributed by atoms with Gasteiger partial charge < -0.3 is 5.73 Å². The van der Waals surface area contributed by atoms with Crippen LogP contribution in [0.2, 0.25) is 0 Å². The van der Waals surface area contributed by atoms with Gasteiger partial charge in [-0.1, -0.05) is 24.3 Å². The van der Waals surface area contributed by atoms with Gasteiger partial charge in [0.05, 0.1) is 0 Å². The Kier molecular flexibility index (Phi) is 5.60. The number of carbonyl (C=O) groups excluding carboxylic acids is 2. The predicted octanol–water partition coefficient (Wildman–Crippen LogP) is 1.28. The molecule has 0 spiro atoms. The second-order valence-corrected chi connectivity index (χ2v) is 5.67. The van der Waals surface area contributed by atoms with Crippen LogP contribution in [0.25, 0.3) is 0 Å². The number of amides is 2. The van der Waals surface area contributed by atoms with E-state index in [-0.39, 0.29) is 28.9 Å². The fraction of sp³-hybridized carbons (Fsp3) is 0.0556. The highest BCUT2D eigenvalue weighted by Crippen LogP contribution is 2.21. The molecule has 0 aliphatic carbocycles. The van der Waals surface area contributed by atoms with Crippen molar-refractivity contribution < 1.29 is 9.59 Å². The molecular formula is C18H18N8O2. The Morgan fingerprint density at radius 2 is 1.50 bits per heavy atom. The number of carbonyl (C=O) groups is 2. The first-order valence-corrected chi connectivity index (χ1v) is 8.26. The Hall–Kier alpha value is -4.21. The lowest BCUT2D eigenvalue weighted by Crippen LogP contribution is -2.32. The Balaban J connectivity index is 1.63. The van der Waals surface area contributed by atoms with E-state index in [0.29, 0.717) is 5.56 Å². The average Bonchev–Trinajstić information content (AvgIpc) is 2.72. The van der Waals surface area contributed by atoms with E-state index >= 15 is 0 Å². The third-order valence-electron chi connectivity index (χ3n) is 3.76. The molecule has 6 N–H and O–H groups in total. The van der Waals surface area contributed by atoms with Gasteiger partial charge in [-0.3, -0.25) is 36.3 Å². The summed E-state index contributed by atoms with van der Waals surface area (Å²) in [6.07, 6.45) is 2.74. The van der Waals surface area contributed by atoms with E-state index in [2.05, 4.69) is 36.7 Å². The van der Waals surface area contributed by atoms with Crippen LogP contribution in [0.3, 0.4) is 0 Å². The zero-order valence-electron chi connectivity index (χ0n) is 14.9. The summed E-state index contributed by atoms with van der Waals surface area (Å²) in [5.74, 6) is -0.464. The lowest BCUT2D eigenvalue weighted by Gasteiger charge is -2.14. The molecule has 0 atom stereocenters. The van der Waals surface area contributed by atoms with Crippen molar-refractivity contribution in [2.75, 3.05) is 16.6 Å². The van der Waals surface area contributed by atoms with Crippen molar-refractivity contribution in [2.24, 2.45) is 0 Å². The largest absolute Gasteiger partial charge is 0.393 e. The standard InChI is InChI=1S/C18H18N8O2/c1-11-6-2-3-7-12(11)17(27)25-23-15-14(19)16(22-10-21-15)24-26-18(28)13-8-4-5-9-20-13/h2-10H,19H2,1H3,(H,25,27)(H,26,28)(H2,21,22,23,24). The number of rotatable bonds is 6. The fourth-order valence-corrected chi connectivity index (χ4v) is 2.28. The summed E-state index contributed by atoms with van der Waals surface area (Å²) in [5, 5.41) is 0. The molecule has 1 aromatic carbocycles. The molecule has 2 amide bonds. The monoisotopic (exact) mass is 378 g/mol. The van der Waals surface area contributed by atoms with Gasteiger partial charge in [-0.2, -0.15) is 0 Å². The van der Waals surface area contributed by atoms with Gasteiger partial charge in [0.2, 0.25) is 0 Å². The summed E-state index contributed by atoms with van der Waals surface area (Å²) in [7, 11) is 0. The number of hydrazine groups is 2. The number of hydrogen-bond donors (Lipinski definition) is 5. The molecule has 0 saturated carbocycles. The van der Waals surface area contributed by atoms with Gasteiger partial charge in [0.15, 0.2) is 11.6 Å². The van der Waals surface area contributed by atoms with Gasteiger partial charge in [-0.25, -0.2) is 9.97 Å². The number of hydrogen-bond acceptors (Lipinski definition) is 8. The highest BCUT2D eigenvalue weighted by Gasteiger charge is 2.12. The molecule has 142 valence electrons. The smallest absolute Gasteiger partial charge is 0.288 e. The Morgan fingerprint density at radius 1 is 0.857 bits per heavy atom. The SMILES string of the molecule is Cc1ccccc1C(=O)NNc1ncnc(NNC(=O)c2ccccn2)c1N. The topological polar surface area (TPSA) is 147 Å². The molecule has 10 heteroatoms. The highest BCUT2D eigenvalue weighted by molar-refractivity contribution is 5.96. The molecule has 2 aromatic heterocycles. The van der Waals surface area contributed by atoms with Gasteiger partial charge >= 0.3 is 0 Å². The second-order valence-electron chi connectivity index (χ2n) is 5.67. The number of nitrogens with two attached hydrogens (primary N) is 1. The second kappa shape index (κ2) is 8.45. The normalized spacial score (nSPS) is 10.0. The first-order valence-electron chi connectivity index (χ1n) is 8.26. The van der Waals surface area contributed by atoms with Crippen LogP contribution in [0.5, 0.6) is 0 Å². The summed E-state index contributed by atoms with van der Waals surface area (Å²) in [4.78, 5) is 36.2. The van der Waals surface area contributed by atoms with Crippen molar-refractivity contribution in [3.8, 4) is 0 Å². The minimum absolute atomic E-state index is 0.105. The van der Waals surface area contributed by atoms with Crippen LogP contribution in [-0.4, -0.2) is 26.8 Å². The third-order valence-corrected chi connectivity index (χ3v) is 3.76. The summed E-state index contributed by atoms with van der Waals surface area (Å²) >= 11 is 0. The van der Waals surface area contributed by atoms with Gasteiger partial charge in [0.25, 0.3) is 11.8 Å². The van der Waals surface area contributed by atoms with Crippen molar-refractivity contribution in [2.45, 2.75) is 6.92 Å². The first kappa shape index (κ1) is 18.6. The number of pyridine rings is 1. The first-order chi connectivity index (χ1) is 13.6. The average molecular weight is 378 g/mol. The number of aryl methyl sites for hydroxylation is 1. The van der Waals surface area contributed by atoms with E-state index in [1.807, 2.05) is 19.1 Å². The Morgan fingerprint density at radius 3 is 2.14 bits per heavy atom. The molecule has 10 nitrogen and oxygen atoms in total. The van der Waals surface area contributed by atoms with E-state index in [1.165, 1.54) is 12.5 Å². The minimum Gasteiger partial charge on any atom is -0.393 e. The number of nitrogens with one attached hydrogen (secondary N) is 4. The highest BCUT2D eigenvalue weighted by atomic mass is 16.2. The fourth-order valence-electron chi connectivity index (χ4n) is 2.28. The van der Waals surface area contributed by atoms with Crippen LogP contribution in [0, 0.1) is 6.92 Å². The van der Waals surface area contributed by atoms with Crippen LogP contribution >= 0.6 is 0 Å². The van der Waals surface area contributed by atoms with Crippen molar-refractivity contribution >= 4 is 29.1 Å². The quantitative estimate of drug-likeness (QED) is 0.403. The Labute approximate surface area is 160 Å². The zero-order valence-corrected chi connectivity index (χ0v) is 14.9. The van der Waals surface area contributed by atoms with E-state index in [0.717, 1.165) is 5.56 Å². The van der Waals surface area contributed by atoms with Gasteiger partial charge in [0.1, 0.15) is 17.7 Å². The summed E-state index contributed by atoms with van der Waals surface area (Å²) in [5.41, 5.74) is 17.9. The van der Waals surface area contributed by atoms with Crippen LogP contribution in [0.1, 0.15) is 26.4 Å². The molecule has 0 aliphatic heterocycles. The summed E-state index contributed by atoms with van der Waals surface area (Å²) in [6, 6.07) is 12.1. The summed E-state index contributed by atoms with van der Waals surface area (Å²) in [6.45, 7) is 1.83. The lowest BCUT2D eigenvalue weighted by molar-refractivity contribution is 0.0951. The maximum atomic E-state index is 12.3.